The molecule has 0 aliphatic carbocycles. The summed E-state index contributed by atoms with van der Waals surface area (Å²) in [4.78, 5) is 15.7. The summed E-state index contributed by atoms with van der Waals surface area (Å²) in [5, 5.41) is 0.614. The molecule has 1 aromatic heterocycles. The highest BCUT2D eigenvalue weighted by atomic mass is 32.2. The predicted octanol–water partition coefficient (Wildman–Crippen LogP) is 3.12. The Morgan fingerprint density at radius 3 is 2.53 bits per heavy atom. The van der Waals surface area contributed by atoms with Crippen molar-refractivity contribution in [2.45, 2.75) is 51.9 Å². The molecule has 17 heavy (non-hydrogen) atoms. The topological polar surface area (TPSA) is 52.3 Å². The number of hydrogen-bond donors (Lipinski definition) is 0. The molecule has 0 unspecified atom stereocenters. The molecule has 1 aromatic rings. The van der Waals surface area contributed by atoms with Gasteiger partial charge in [0.1, 0.15) is 11.4 Å². The van der Waals surface area contributed by atoms with Crippen LogP contribution in [0.3, 0.4) is 0 Å². The van der Waals surface area contributed by atoms with Gasteiger partial charge in [0.15, 0.2) is 0 Å². The third kappa shape index (κ3) is 5.26. The summed E-state index contributed by atoms with van der Waals surface area (Å²) >= 11 is 1.43. The molecule has 96 valence electrons. The minimum absolute atomic E-state index is 0.190. The number of aromatic nitrogens is 1. The first-order chi connectivity index (χ1) is 7.78. The minimum atomic E-state index is -0.419. The molecule has 0 saturated heterocycles. The van der Waals surface area contributed by atoms with Crippen LogP contribution in [0.25, 0.3) is 0 Å². The number of hydrogen-bond acceptors (Lipinski definition) is 5. The van der Waals surface area contributed by atoms with E-state index in [0.29, 0.717) is 17.4 Å². The smallest absolute Gasteiger partial charge is 0.307 e. The van der Waals surface area contributed by atoms with E-state index < -0.39 is 5.60 Å². The van der Waals surface area contributed by atoms with Gasteiger partial charge in [-0.25, -0.2) is 4.98 Å². The van der Waals surface area contributed by atoms with Gasteiger partial charge >= 0.3 is 5.97 Å². The van der Waals surface area contributed by atoms with Crippen LogP contribution < -0.4 is 0 Å². The Kier molecular flexibility index (Phi) is 4.62. The van der Waals surface area contributed by atoms with Crippen molar-refractivity contribution in [1.29, 1.82) is 0 Å². The maximum absolute atomic E-state index is 11.4. The second-order valence-corrected chi connectivity index (χ2v) is 5.85. The number of nitrogens with zero attached hydrogens (tertiary/aromatic N) is 1. The van der Waals surface area contributed by atoms with E-state index in [1.165, 1.54) is 11.8 Å². The van der Waals surface area contributed by atoms with Crippen LogP contribution in [0, 0.1) is 13.8 Å². The second kappa shape index (κ2) is 5.58. The van der Waals surface area contributed by atoms with E-state index in [-0.39, 0.29) is 5.97 Å². The van der Waals surface area contributed by atoms with Gasteiger partial charge in [0, 0.05) is 5.75 Å². The SMILES string of the molecule is Cc1nc(SCCC(=O)OC(C)(C)C)oc1C. The Bertz CT molecular complexity index is 373. The molecule has 0 saturated carbocycles. The molecule has 0 aliphatic heterocycles. The van der Waals surface area contributed by atoms with Crippen molar-refractivity contribution in [2.24, 2.45) is 0 Å². The lowest BCUT2D eigenvalue weighted by molar-refractivity contribution is -0.154. The number of carbonyl (C=O) groups is 1. The van der Waals surface area contributed by atoms with Crippen molar-refractivity contribution in [3.05, 3.63) is 11.5 Å². The Balaban J connectivity index is 2.31. The lowest BCUT2D eigenvalue weighted by atomic mass is 10.2. The van der Waals surface area contributed by atoms with Crippen molar-refractivity contribution in [3.63, 3.8) is 0 Å². The van der Waals surface area contributed by atoms with Crippen LogP contribution in [0.4, 0.5) is 0 Å². The number of esters is 1. The van der Waals surface area contributed by atoms with Crippen molar-refractivity contribution in [1.82, 2.24) is 4.98 Å². The molecule has 5 heteroatoms. The Morgan fingerprint density at radius 1 is 1.41 bits per heavy atom. The maximum atomic E-state index is 11.4. The first-order valence-corrected chi connectivity index (χ1v) is 6.55. The average Bonchev–Trinajstić information content (AvgIpc) is 2.43. The van der Waals surface area contributed by atoms with E-state index in [0.717, 1.165) is 11.5 Å². The fourth-order valence-corrected chi connectivity index (χ4v) is 1.95. The molecule has 4 nitrogen and oxygen atoms in total. The van der Waals surface area contributed by atoms with E-state index in [2.05, 4.69) is 4.98 Å². The van der Waals surface area contributed by atoms with E-state index in [9.17, 15) is 4.79 Å². The Morgan fingerprint density at radius 2 is 2.06 bits per heavy atom. The van der Waals surface area contributed by atoms with Gasteiger partial charge in [-0.05, 0) is 34.6 Å². The molecule has 0 aromatic carbocycles. The van der Waals surface area contributed by atoms with E-state index in [4.69, 9.17) is 9.15 Å². The van der Waals surface area contributed by atoms with Crippen LogP contribution in [0.5, 0.6) is 0 Å². The van der Waals surface area contributed by atoms with Gasteiger partial charge in [0.05, 0.1) is 12.1 Å². The zero-order valence-electron chi connectivity index (χ0n) is 11.0. The largest absolute Gasteiger partial charge is 0.460 e. The summed E-state index contributed by atoms with van der Waals surface area (Å²) in [6, 6.07) is 0. The summed E-state index contributed by atoms with van der Waals surface area (Å²) in [6.07, 6.45) is 0.364. The standard InChI is InChI=1S/C12H19NO3S/c1-8-9(2)15-11(13-8)17-7-6-10(14)16-12(3,4)5/h6-7H2,1-5H3. The van der Waals surface area contributed by atoms with Gasteiger partial charge in [-0.15, -0.1) is 0 Å². The molecule has 0 spiro atoms. The van der Waals surface area contributed by atoms with E-state index >= 15 is 0 Å². The molecule has 0 amide bonds. The summed E-state index contributed by atoms with van der Waals surface area (Å²) < 4.78 is 10.6. The quantitative estimate of drug-likeness (QED) is 0.612. The second-order valence-electron chi connectivity index (χ2n) is 4.81. The lowest BCUT2D eigenvalue weighted by Gasteiger charge is -2.19. The number of ether oxygens (including phenoxy) is 1. The van der Waals surface area contributed by atoms with Gasteiger partial charge in [-0.1, -0.05) is 11.8 Å². The zero-order chi connectivity index (χ0) is 13.1. The summed E-state index contributed by atoms with van der Waals surface area (Å²) in [5.41, 5.74) is 0.475. The Hall–Kier alpha value is -0.970. The highest BCUT2D eigenvalue weighted by Crippen LogP contribution is 2.21. The van der Waals surface area contributed by atoms with Gasteiger partial charge < -0.3 is 9.15 Å². The van der Waals surface area contributed by atoms with Gasteiger partial charge in [-0.2, -0.15) is 0 Å². The van der Waals surface area contributed by atoms with Crippen molar-refractivity contribution in [3.8, 4) is 0 Å². The molecule has 1 rings (SSSR count). The molecular formula is C12H19NO3S. The first kappa shape index (κ1) is 14.1. The molecule has 1 heterocycles. The summed E-state index contributed by atoms with van der Waals surface area (Å²) in [5.74, 6) is 1.25. The van der Waals surface area contributed by atoms with Crippen LogP contribution in [0.15, 0.2) is 9.64 Å². The molecule has 0 radical (unpaired) electrons. The molecule has 0 bridgehead atoms. The monoisotopic (exact) mass is 257 g/mol. The lowest BCUT2D eigenvalue weighted by Crippen LogP contribution is -2.23. The third-order valence-corrected chi connectivity index (χ3v) is 2.79. The first-order valence-electron chi connectivity index (χ1n) is 5.56. The fourth-order valence-electron chi connectivity index (χ4n) is 1.12. The van der Waals surface area contributed by atoms with Gasteiger partial charge in [0.2, 0.25) is 0 Å². The highest BCUT2D eigenvalue weighted by molar-refractivity contribution is 7.99. The molecule has 0 aliphatic rings. The minimum Gasteiger partial charge on any atom is -0.460 e. The van der Waals surface area contributed by atoms with Crippen molar-refractivity contribution >= 4 is 17.7 Å². The van der Waals surface area contributed by atoms with E-state index in [1.807, 2.05) is 34.6 Å². The number of aryl methyl sites for hydroxylation is 2. The van der Waals surface area contributed by atoms with Gasteiger partial charge in [-0.3, -0.25) is 4.79 Å². The van der Waals surface area contributed by atoms with Crippen LogP contribution in [0.1, 0.15) is 38.6 Å². The summed E-state index contributed by atoms with van der Waals surface area (Å²) in [7, 11) is 0. The molecule has 0 N–H and O–H groups in total. The molecule has 0 atom stereocenters. The third-order valence-electron chi connectivity index (χ3n) is 1.96. The number of rotatable bonds is 4. The van der Waals surface area contributed by atoms with Crippen molar-refractivity contribution < 1.29 is 13.9 Å². The number of carbonyl (C=O) groups excluding carboxylic acids is 1. The molecular weight excluding hydrogens is 238 g/mol. The van der Waals surface area contributed by atoms with Crippen LogP contribution >= 0.6 is 11.8 Å². The Labute approximate surface area is 106 Å². The maximum Gasteiger partial charge on any atom is 0.307 e. The van der Waals surface area contributed by atoms with Gasteiger partial charge in [0.25, 0.3) is 5.22 Å². The number of thioether (sulfide) groups is 1. The predicted molar refractivity (Wildman–Crippen MR) is 67.2 cm³/mol. The average molecular weight is 257 g/mol. The summed E-state index contributed by atoms with van der Waals surface area (Å²) in [6.45, 7) is 9.35. The normalized spacial score (nSPS) is 11.6. The fraction of sp³-hybridized carbons (Fsp3) is 0.667. The van der Waals surface area contributed by atoms with Crippen LogP contribution in [0.2, 0.25) is 0 Å². The van der Waals surface area contributed by atoms with E-state index in [1.54, 1.807) is 0 Å². The van der Waals surface area contributed by atoms with Crippen LogP contribution in [-0.2, 0) is 9.53 Å². The molecule has 0 fully saturated rings. The van der Waals surface area contributed by atoms with Crippen molar-refractivity contribution in [2.75, 3.05) is 5.75 Å². The highest BCUT2D eigenvalue weighted by Gasteiger charge is 2.16. The zero-order valence-corrected chi connectivity index (χ0v) is 11.8. The number of oxazole rings is 1. The van der Waals surface area contributed by atoms with Crippen LogP contribution in [-0.4, -0.2) is 22.3 Å².